The molecular formula is C12H16N2O2. The van der Waals surface area contributed by atoms with E-state index in [1.165, 1.54) is 19.3 Å². The van der Waals surface area contributed by atoms with Crippen molar-refractivity contribution < 1.29 is 9.59 Å². The van der Waals surface area contributed by atoms with Gasteiger partial charge in [-0.05, 0) is 31.6 Å². The number of aliphatic imine (C=N–C) groups is 2. The van der Waals surface area contributed by atoms with Crippen LogP contribution >= 0.6 is 0 Å². The first-order valence-corrected chi connectivity index (χ1v) is 6.00. The van der Waals surface area contributed by atoms with Crippen molar-refractivity contribution in [1.29, 1.82) is 0 Å². The van der Waals surface area contributed by atoms with Crippen molar-refractivity contribution in [2.45, 2.75) is 50.6 Å². The van der Waals surface area contributed by atoms with Crippen LogP contribution in [0, 0.1) is 11.8 Å². The monoisotopic (exact) mass is 220 g/mol. The average Bonchev–Trinajstić information content (AvgIpc) is 2.30. The van der Waals surface area contributed by atoms with Crippen molar-refractivity contribution in [2.24, 2.45) is 21.8 Å². The largest absolute Gasteiger partial charge is 0.237 e. The van der Waals surface area contributed by atoms with Gasteiger partial charge in [0.05, 0.1) is 0 Å². The highest BCUT2D eigenvalue weighted by Gasteiger charge is 2.46. The van der Waals surface area contributed by atoms with Gasteiger partial charge in [-0.2, -0.15) is 9.98 Å². The predicted octanol–water partition coefficient (Wildman–Crippen LogP) is 2.34. The van der Waals surface area contributed by atoms with Crippen molar-refractivity contribution in [3.63, 3.8) is 0 Å². The average molecular weight is 220 g/mol. The highest BCUT2D eigenvalue weighted by atomic mass is 16.1. The topological polar surface area (TPSA) is 58.9 Å². The van der Waals surface area contributed by atoms with Crippen molar-refractivity contribution in [3.05, 3.63) is 0 Å². The molecule has 2 rings (SSSR count). The Hall–Kier alpha value is -1.24. The van der Waals surface area contributed by atoms with Crippen molar-refractivity contribution in [2.75, 3.05) is 0 Å². The predicted molar refractivity (Wildman–Crippen MR) is 58.3 cm³/mol. The summed E-state index contributed by atoms with van der Waals surface area (Å²) in [6.07, 6.45) is 10.6. The molecule has 2 fully saturated rings. The molecule has 0 aliphatic heterocycles. The van der Waals surface area contributed by atoms with Gasteiger partial charge < -0.3 is 0 Å². The molecule has 2 aliphatic rings. The van der Waals surface area contributed by atoms with Crippen molar-refractivity contribution >= 4 is 12.2 Å². The second-order valence-electron chi connectivity index (χ2n) is 4.83. The van der Waals surface area contributed by atoms with Gasteiger partial charge in [0.15, 0.2) is 5.66 Å². The van der Waals surface area contributed by atoms with E-state index in [0.717, 1.165) is 19.3 Å². The summed E-state index contributed by atoms with van der Waals surface area (Å²) in [5.74, 6) is 0.814. The maximum Gasteiger partial charge on any atom is 0.237 e. The first-order valence-electron chi connectivity index (χ1n) is 6.00. The SMILES string of the molecule is O=C=NC1(N=C=O)CCCC2CCCCC21. The van der Waals surface area contributed by atoms with E-state index in [9.17, 15) is 9.59 Å². The molecule has 0 aromatic carbocycles. The molecule has 4 heteroatoms. The lowest BCUT2D eigenvalue weighted by atomic mass is 9.65. The van der Waals surface area contributed by atoms with Gasteiger partial charge in [0, 0.05) is 5.92 Å². The summed E-state index contributed by atoms with van der Waals surface area (Å²) >= 11 is 0. The second kappa shape index (κ2) is 4.73. The number of hydrogen-bond acceptors (Lipinski definition) is 4. The molecule has 0 radical (unpaired) electrons. The lowest BCUT2D eigenvalue weighted by Gasteiger charge is -2.44. The molecule has 2 atom stereocenters. The van der Waals surface area contributed by atoms with E-state index in [0.29, 0.717) is 12.3 Å². The smallest absolute Gasteiger partial charge is 0.211 e. The maximum atomic E-state index is 10.5. The molecule has 2 aliphatic carbocycles. The van der Waals surface area contributed by atoms with E-state index < -0.39 is 5.66 Å². The molecule has 0 spiro atoms. The number of hydrogen-bond donors (Lipinski definition) is 0. The Morgan fingerprint density at radius 1 is 0.938 bits per heavy atom. The van der Waals surface area contributed by atoms with E-state index in [-0.39, 0.29) is 5.92 Å². The fourth-order valence-electron chi connectivity index (χ4n) is 3.43. The molecule has 0 heterocycles. The molecule has 0 amide bonds. The standard InChI is InChI=1S/C12H16N2O2/c15-8-13-12(14-9-16)7-3-5-10-4-1-2-6-11(10)12/h10-11H,1-7H2. The van der Waals surface area contributed by atoms with E-state index in [2.05, 4.69) is 9.98 Å². The number of carbonyl (C=O) groups excluding carboxylic acids is 2. The zero-order chi connectivity index (χ0) is 11.4. The normalized spacial score (nSPS) is 37.8. The first kappa shape index (κ1) is 11.3. The zero-order valence-corrected chi connectivity index (χ0v) is 9.32. The third-order valence-electron chi connectivity index (χ3n) is 4.10. The van der Waals surface area contributed by atoms with E-state index in [1.807, 2.05) is 0 Å². The quantitative estimate of drug-likeness (QED) is 0.529. The van der Waals surface area contributed by atoms with Crippen LogP contribution in [0.25, 0.3) is 0 Å². The summed E-state index contributed by atoms with van der Waals surface area (Å²) in [4.78, 5) is 28.8. The number of fused-ring (bicyclic) bond motifs is 1. The molecule has 0 bridgehead atoms. The third kappa shape index (κ3) is 1.87. The lowest BCUT2D eigenvalue weighted by molar-refractivity contribution is 0.0842. The third-order valence-corrected chi connectivity index (χ3v) is 4.10. The van der Waals surface area contributed by atoms with Gasteiger partial charge in [-0.1, -0.05) is 19.3 Å². The van der Waals surface area contributed by atoms with Crippen molar-refractivity contribution in [1.82, 2.24) is 0 Å². The minimum atomic E-state index is -0.827. The van der Waals surface area contributed by atoms with Gasteiger partial charge in [0.2, 0.25) is 12.2 Å². The lowest BCUT2D eigenvalue weighted by Crippen LogP contribution is -2.43. The molecule has 16 heavy (non-hydrogen) atoms. The van der Waals surface area contributed by atoms with Crippen LogP contribution in [0.1, 0.15) is 44.9 Å². The highest BCUT2D eigenvalue weighted by Crippen LogP contribution is 2.48. The molecule has 2 unspecified atom stereocenters. The molecule has 2 saturated carbocycles. The Bertz CT molecular complexity index is 334. The Balaban J connectivity index is 2.33. The van der Waals surface area contributed by atoms with Crippen LogP contribution in [0.3, 0.4) is 0 Å². The minimum absolute atomic E-state index is 0.248. The number of isocyanates is 2. The van der Waals surface area contributed by atoms with E-state index in [1.54, 1.807) is 12.2 Å². The van der Waals surface area contributed by atoms with E-state index in [4.69, 9.17) is 0 Å². The molecule has 0 saturated heterocycles. The van der Waals surface area contributed by atoms with Crippen LogP contribution in [0.4, 0.5) is 0 Å². The van der Waals surface area contributed by atoms with Gasteiger partial charge in [-0.3, -0.25) is 0 Å². The van der Waals surface area contributed by atoms with Crippen LogP contribution < -0.4 is 0 Å². The fraction of sp³-hybridized carbons (Fsp3) is 0.833. The van der Waals surface area contributed by atoms with Crippen LogP contribution in [0.5, 0.6) is 0 Å². The van der Waals surface area contributed by atoms with Crippen LogP contribution in [0.15, 0.2) is 9.98 Å². The minimum Gasteiger partial charge on any atom is -0.211 e. The number of nitrogens with zero attached hydrogens (tertiary/aromatic N) is 2. The van der Waals surface area contributed by atoms with Gasteiger partial charge in [0.25, 0.3) is 0 Å². The second-order valence-corrected chi connectivity index (χ2v) is 4.83. The van der Waals surface area contributed by atoms with E-state index >= 15 is 0 Å². The first-order chi connectivity index (χ1) is 7.82. The van der Waals surface area contributed by atoms with Crippen LogP contribution in [0.2, 0.25) is 0 Å². The zero-order valence-electron chi connectivity index (χ0n) is 9.32. The fourth-order valence-corrected chi connectivity index (χ4v) is 3.43. The molecule has 0 aromatic heterocycles. The summed E-state index contributed by atoms with van der Waals surface area (Å²) in [5, 5.41) is 0. The Morgan fingerprint density at radius 3 is 2.25 bits per heavy atom. The van der Waals surface area contributed by atoms with Gasteiger partial charge in [-0.15, -0.1) is 0 Å². The molecule has 4 nitrogen and oxygen atoms in total. The number of rotatable bonds is 2. The maximum absolute atomic E-state index is 10.5. The van der Waals surface area contributed by atoms with Crippen LogP contribution in [-0.2, 0) is 9.59 Å². The Kier molecular flexibility index (Phi) is 3.33. The summed E-state index contributed by atoms with van der Waals surface area (Å²) < 4.78 is 0. The molecule has 86 valence electrons. The van der Waals surface area contributed by atoms with Gasteiger partial charge in [-0.25, -0.2) is 9.59 Å². The Morgan fingerprint density at radius 2 is 1.56 bits per heavy atom. The highest BCUT2D eigenvalue weighted by molar-refractivity contribution is 5.39. The summed E-state index contributed by atoms with van der Waals surface area (Å²) in [6, 6.07) is 0. The summed E-state index contributed by atoms with van der Waals surface area (Å²) in [5.41, 5.74) is -0.827. The molecular weight excluding hydrogens is 204 g/mol. The van der Waals surface area contributed by atoms with Crippen molar-refractivity contribution in [3.8, 4) is 0 Å². The Labute approximate surface area is 94.9 Å². The summed E-state index contributed by atoms with van der Waals surface area (Å²) in [7, 11) is 0. The molecule has 0 aromatic rings. The summed E-state index contributed by atoms with van der Waals surface area (Å²) in [6.45, 7) is 0. The molecule has 0 N–H and O–H groups in total. The van der Waals surface area contributed by atoms with Crippen LogP contribution in [-0.4, -0.2) is 17.8 Å². The van der Waals surface area contributed by atoms with Gasteiger partial charge in [0.1, 0.15) is 0 Å². The van der Waals surface area contributed by atoms with Gasteiger partial charge >= 0.3 is 0 Å².